The number of nitro benzene ring substituents is 1. The zero-order chi connectivity index (χ0) is 22.3. The average Bonchev–Trinajstić information content (AvgIpc) is 2.75. The summed E-state index contributed by atoms with van der Waals surface area (Å²) < 4.78 is 10.5. The molecule has 2 aromatic rings. The zero-order valence-corrected chi connectivity index (χ0v) is 17.5. The molecule has 10 heteroatoms. The monoisotopic (exact) mass is 435 g/mol. The van der Waals surface area contributed by atoms with Gasteiger partial charge in [0.15, 0.2) is 6.61 Å². The fraction of sp³-hybridized carbons (Fsp3) is 0.300. The number of halogens is 1. The molecule has 0 aliphatic heterocycles. The van der Waals surface area contributed by atoms with Gasteiger partial charge in [-0.15, -0.1) is 0 Å². The van der Waals surface area contributed by atoms with E-state index in [2.05, 4.69) is 5.32 Å². The number of nitro groups is 1. The van der Waals surface area contributed by atoms with Crippen LogP contribution in [0.2, 0.25) is 5.02 Å². The summed E-state index contributed by atoms with van der Waals surface area (Å²) in [6.45, 7) is 1.43. The summed E-state index contributed by atoms with van der Waals surface area (Å²) in [6.07, 6.45) is 0. The largest absolute Gasteiger partial charge is 0.490 e. The highest BCUT2D eigenvalue weighted by atomic mass is 35.5. The van der Waals surface area contributed by atoms with Crippen LogP contribution in [-0.4, -0.2) is 48.4 Å². The number of likely N-dealkylation sites (N-methyl/N-ethyl adjacent to an activating group) is 1. The van der Waals surface area contributed by atoms with E-state index in [4.69, 9.17) is 21.1 Å². The molecule has 0 heterocycles. The molecule has 0 saturated heterocycles. The van der Waals surface area contributed by atoms with Crippen molar-refractivity contribution in [1.29, 1.82) is 0 Å². The molecule has 30 heavy (non-hydrogen) atoms. The molecular formula is C20H22ClN3O6. The third kappa shape index (κ3) is 5.84. The zero-order valence-electron chi connectivity index (χ0n) is 16.8. The molecule has 0 aromatic heterocycles. The first kappa shape index (κ1) is 23.0. The Morgan fingerprint density at radius 3 is 2.47 bits per heavy atom. The van der Waals surface area contributed by atoms with E-state index in [-0.39, 0.29) is 36.2 Å². The molecular weight excluding hydrogens is 414 g/mol. The Labute approximate surface area is 178 Å². The summed E-state index contributed by atoms with van der Waals surface area (Å²) in [7, 11) is 2.79. The maximum atomic E-state index is 12.8. The van der Waals surface area contributed by atoms with Crippen molar-refractivity contribution in [3.05, 3.63) is 63.2 Å². The summed E-state index contributed by atoms with van der Waals surface area (Å²) in [5.41, 5.74) is 0.578. The molecule has 1 N–H and O–H groups in total. The van der Waals surface area contributed by atoms with Gasteiger partial charge >= 0.3 is 5.69 Å². The van der Waals surface area contributed by atoms with Crippen LogP contribution in [0.15, 0.2) is 42.5 Å². The molecule has 160 valence electrons. The molecule has 9 nitrogen and oxygen atoms in total. The Balaban J connectivity index is 2.16. The summed E-state index contributed by atoms with van der Waals surface area (Å²) in [5.74, 6) is -0.515. The van der Waals surface area contributed by atoms with Crippen LogP contribution in [0.5, 0.6) is 11.5 Å². The number of nitrogens with zero attached hydrogens (tertiary/aromatic N) is 2. The van der Waals surface area contributed by atoms with E-state index in [1.165, 1.54) is 37.3 Å². The second kappa shape index (κ2) is 10.4. The molecule has 1 unspecified atom stereocenters. The van der Waals surface area contributed by atoms with Gasteiger partial charge in [0, 0.05) is 30.7 Å². The maximum absolute atomic E-state index is 12.8. The van der Waals surface area contributed by atoms with Crippen molar-refractivity contribution in [2.45, 2.75) is 19.5 Å². The van der Waals surface area contributed by atoms with E-state index in [1.54, 1.807) is 31.2 Å². The summed E-state index contributed by atoms with van der Waals surface area (Å²) in [4.78, 5) is 36.7. The third-order valence-electron chi connectivity index (χ3n) is 4.39. The summed E-state index contributed by atoms with van der Waals surface area (Å²) in [6, 6.07) is 10.1. The van der Waals surface area contributed by atoms with Gasteiger partial charge in [-0.25, -0.2) is 0 Å². The van der Waals surface area contributed by atoms with Crippen molar-refractivity contribution in [1.82, 2.24) is 10.2 Å². The Kier molecular flexibility index (Phi) is 7.99. The Bertz CT molecular complexity index is 919. The lowest BCUT2D eigenvalue weighted by atomic mass is 10.1. The van der Waals surface area contributed by atoms with Gasteiger partial charge in [0.1, 0.15) is 11.8 Å². The van der Waals surface area contributed by atoms with Crippen LogP contribution in [-0.2, 0) is 16.1 Å². The van der Waals surface area contributed by atoms with Crippen molar-refractivity contribution < 1.29 is 24.0 Å². The van der Waals surface area contributed by atoms with Crippen LogP contribution in [0.3, 0.4) is 0 Å². The van der Waals surface area contributed by atoms with Crippen LogP contribution >= 0.6 is 11.6 Å². The fourth-order valence-corrected chi connectivity index (χ4v) is 2.83. The second-order valence-corrected chi connectivity index (χ2v) is 6.75. The Morgan fingerprint density at radius 2 is 1.90 bits per heavy atom. The smallest absolute Gasteiger partial charge is 0.311 e. The van der Waals surface area contributed by atoms with Gasteiger partial charge in [-0.3, -0.25) is 19.7 Å². The number of amides is 2. The quantitative estimate of drug-likeness (QED) is 0.479. The first-order valence-electron chi connectivity index (χ1n) is 8.97. The molecule has 0 spiro atoms. The second-order valence-electron chi connectivity index (χ2n) is 6.32. The number of nitrogens with one attached hydrogen (secondary N) is 1. The van der Waals surface area contributed by atoms with Crippen LogP contribution < -0.4 is 14.8 Å². The van der Waals surface area contributed by atoms with E-state index < -0.39 is 16.9 Å². The molecule has 0 aliphatic carbocycles. The van der Waals surface area contributed by atoms with Crippen molar-refractivity contribution in [3.8, 4) is 11.5 Å². The topological polar surface area (TPSA) is 111 Å². The lowest BCUT2D eigenvalue weighted by Gasteiger charge is -2.28. The van der Waals surface area contributed by atoms with Gasteiger partial charge in [0.25, 0.3) is 5.91 Å². The van der Waals surface area contributed by atoms with Gasteiger partial charge in [0.05, 0.1) is 12.0 Å². The van der Waals surface area contributed by atoms with Crippen LogP contribution in [0.1, 0.15) is 12.5 Å². The number of benzene rings is 2. The third-order valence-corrected chi connectivity index (χ3v) is 4.64. The average molecular weight is 436 g/mol. The lowest BCUT2D eigenvalue weighted by Crippen LogP contribution is -2.48. The lowest BCUT2D eigenvalue weighted by molar-refractivity contribution is -0.385. The van der Waals surface area contributed by atoms with Gasteiger partial charge in [0.2, 0.25) is 11.7 Å². The number of rotatable bonds is 9. The van der Waals surface area contributed by atoms with Crippen molar-refractivity contribution >= 4 is 29.1 Å². The SMILES string of the molecule is CNC(=O)C(C)N(Cc1ccc(Cl)cc1)C(=O)COc1ccc([N+](=O)[O-])c(OC)c1. The molecule has 0 radical (unpaired) electrons. The number of methoxy groups -OCH3 is 1. The van der Waals surface area contributed by atoms with E-state index in [1.807, 2.05) is 0 Å². The molecule has 2 amide bonds. The van der Waals surface area contributed by atoms with Crippen LogP contribution in [0.25, 0.3) is 0 Å². The predicted octanol–water partition coefficient (Wildman–Crippen LogP) is 2.80. The number of carbonyl (C=O) groups is 2. The van der Waals surface area contributed by atoms with Gasteiger partial charge < -0.3 is 19.7 Å². The Morgan fingerprint density at radius 1 is 1.23 bits per heavy atom. The molecule has 0 saturated carbocycles. The number of hydrogen-bond donors (Lipinski definition) is 1. The molecule has 1 atom stereocenters. The van der Waals surface area contributed by atoms with E-state index in [9.17, 15) is 19.7 Å². The predicted molar refractivity (Wildman–Crippen MR) is 111 cm³/mol. The minimum Gasteiger partial charge on any atom is -0.490 e. The van der Waals surface area contributed by atoms with Crippen LogP contribution in [0, 0.1) is 10.1 Å². The molecule has 0 aliphatic rings. The first-order chi connectivity index (χ1) is 14.3. The Hall–Kier alpha value is -3.33. The molecule has 0 bridgehead atoms. The van der Waals surface area contributed by atoms with Crippen LogP contribution in [0.4, 0.5) is 5.69 Å². The van der Waals surface area contributed by atoms with Crippen molar-refractivity contribution in [2.24, 2.45) is 0 Å². The number of ether oxygens (including phenoxy) is 2. The molecule has 0 fully saturated rings. The maximum Gasteiger partial charge on any atom is 0.311 e. The minimum atomic E-state index is -0.742. The summed E-state index contributed by atoms with van der Waals surface area (Å²) >= 11 is 5.90. The van der Waals surface area contributed by atoms with E-state index >= 15 is 0 Å². The number of carbonyl (C=O) groups excluding carboxylic acids is 2. The standard InChI is InChI=1S/C20H22ClN3O6/c1-13(20(26)22-2)23(11-14-4-6-15(21)7-5-14)19(25)12-30-16-8-9-17(24(27)28)18(10-16)29-3/h4-10,13H,11-12H2,1-3H3,(H,22,26). The number of hydrogen-bond acceptors (Lipinski definition) is 6. The van der Waals surface area contributed by atoms with Crippen molar-refractivity contribution in [2.75, 3.05) is 20.8 Å². The molecule has 2 rings (SSSR count). The molecule has 2 aromatic carbocycles. The van der Waals surface area contributed by atoms with E-state index in [0.29, 0.717) is 5.02 Å². The van der Waals surface area contributed by atoms with E-state index in [0.717, 1.165) is 5.56 Å². The summed E-state index contributed by atoms with van der Waals surface area (Å²) in [5, 5.41) is 14.1. The normalized spacial score (nSPS) is 11.3. The van der Waals surface area contributed by atoms with Gasteiger partial charge in [-0.2, -0.15) is 0 Å². The highest BCUT2D eigenvalue weighted by molar-refractivity contribution is 6.30. The minimum absolute atomic E-state index is 0.0155. The fourth-order valence-electron chi connectivity index (χ4n) is 2.70. The highest BCUT2D eigenvalue weighted by Gasteiger charge is 2.26. The first-order valence-corrected chi connectivity index (χ1v) is 9.35. The van der Waals surface area contributed by atoms with Gasteiger partial charge in [-0.1, -0.05) is 23.7 Å². The van der Waals surface area contributed by atoms with Gasteiger partial charge in [-0.05, 0) is 30.7 Å². The van der Waals surface area contributed by atoms with Crippen molar-refractivity contribution in [3.63, 3.8) is 0 Å². The highest BCUT2D eigenvalue weighted by Crippen LogP contribution is 2.30.